The van der Waals surface area contributed by atoms with Crippen LogP contribution in [0.1, 0.15) is 17.2 Å². The predicted molar refractivity (Wildman–Crippen MR) is 123 cm³/mol. The van der Waals surface area contributed by atoms with Gasteiger partial charge >= 0.3 is 0 Å². The Labute approximate surface area is 192 Å². The van der Waals surface area contributed by atoms with Crippen LogP contribution in [-0.4, -0.2) is 32.1 Å². The summed E-state index contributed by atoms with van der Waals surface area (Å²) < 4.78 is 11.0. The van der Waals surface area contributed by atoms with Gasteiger partial charge in [-0.3, -0.25) is 14.4 Å². The molecule has 0 aromatic heterocycles. The number of carbonyl (C=O) groups excluding carboxylic acids is 2. The molecule has 2 aliphatic rings. The lowest BCUT2D eigenvalue weighted by Gasteiger charge is -2.29. The first-order valence-corrected chi connectivity index (χ1v) is 10.7. The maximum Gasteiger partial charge on any atom is 0.266 e. The molecule has 3 atom stereocenters. The molecule has 0 radical (unpaired) electrons. The molecule has 2 saturated heterocycles. The predicted octanol–water partition coefficient (Wildman–Crippen LogP) is 4.06. The van der Waals surface area contributed by atoms with E-state index in [-0.39, 0.29) is 11.8 Å². The minimum absolute atomic E-state index is 0.296. The van der Waals surface area contributed by atoms with Crippen LogP contribution >= 0.6 is 0 Å². The highest BCUT2D eigenvalue weighted by Gasteiger charge is 2.60. The molecule has 0 N–H and O–H groups in total. The number of amides is 2. The zero-order chi connectivity index (χ0) is 23.1. The van der Waals surface area contributed by atoms with Gasteiger partial charge in [0.25, 0.3) is 5.91 Å². The highest BCUT2D eigenvalue weighted by atomic mass is 16.7. The van der Waals surface area contributed by atoms with E-state index in [1.807, 2.05) is 61.5 Å². The van der Waals surface area contributed by atoms with E-state index in [0.29, 0.717) is 17.2 Å². The highest BCUT2D eigenvalue weighted by Crippen LogP contribution is 2.49. The maximum absolute atomic E-state index is 13.7. The van der Waals surface area contributed by atoms with E-state index in [4.69, 9.17) is 14.3 Å². The lowest BCUT2D eigenvalue weighted by Crippen LogP contribution is -2.37. The van der Waals surface area contributed by atoms with E-state index >= 15 is 0 Å². The average Bonchev–Trinajstić information content (AvgIpc) is 3.35. The molecule has 0 spiro atoms. The molecule has 2 fully saturated rings. The molecule has 2 heterocycles. The van der Waals surface area contributed by atoms with Crippen molar-refractivity contribution in [3.63, 3.8) is 0 Å². The summed E-state index contributed by atoms with van der Waals surface area (Å²) in [5.41, 5.74) is 3.07. The van der Waals surface area contributed by atoms with Crippen molar-refractivity contribution in [1.82, 2.24) is 0 Å². The number of nitrogens with zero attached hydrogens (tertiary/aromatic N) is 2. The number of hydrogen-bond acceptors (Lipinski definition) is 6. The number of aryl methyl sites for hydroxylation is 1. The fraction of sp³-hybridized carbons (Fsp3) is 0.231. The van der Waals surface area contributed by atoms with Gasteiger partial charge in [-0.2, -0.15) is 0 Å². The molecular weight excluding hydrogens is 420 g/mol. The molecule has 5 rings (SSSR count). The fourth-order valence-corrected chi connectivity index (χ4v) is 4.54. The number of fused-ring (bicyclic) bond motifs is 1. The SMILES string of the molecule is COc1ccc([C@@H]2[C@H]3C(=O)N(c4ccc(C)cc4)C(=O)[C@@H]3ON2c2ccccc2)c(OC)c1. The van der Waals surface area contributed by atoms with Crippen LogP contribution in [0.15, 0.2) is 72.8 Å². The van der Waals surface area contributed by atoms with Gasteiger partial charge in [0.2, 0.25) is 5.91 Å². The second-order valence-electron chi connectivity index (χ2n) is 8.11. The van der Waals surface area contributed by atoms with Gasteiger partial charge in [-0.05, 0) is 43.3 Å². The van der Waals surface area contributed by atoms with Crippen LogP contribution in [0.4, 0.5) is 11.4 Å². The molecule has 7 nitrogen and oxygen atoms in total. The van der Waals surface area contributed by atoms with Crippen molar-refractivity contribution in [2.75, 3.05) is 24.2 Å². The molecule has 2 aliphatic heterocycles. The maximum atomic E-state index is 13.7. The van der Waals surface area contributed by atoms with E-state index in [1.54, 1.807) is 37.5 Å². The van der Waals surface area contributed by atoms with Crippen LogP contribution in [0.25, 0.3) is 0 Å². The zero-order valence-electron chi connectivity index (χ0n) is 18.6. The number of anilines is 2. The summed E-state index contributed by atoms with van der Waals surface area (Å²) in [5.74, 6) is -0.216. The van der Waals surface area contributed by atoms with Crippen molar-refractivity contribution in [3.05, 3.63) is 83.9 Å². The van der Waals surface area contributed by atoms with E-state index in [9.17, 15) is 9.59 Å². The third-order valence-electron chi connectivity index (χ3n) is 6.18. The summed E-state index contributed by atoms with van der Waals surface area (Å²) >= 11 is 0. The quantitative estimate of drug-likeness (QED) is 0.553. The summed E-state index contributed by atoms with van der Waals surface area (Å²) in [5, 5.41) is 1.65. The van der Waals surface area contributed by atoms with Crippen LogP contribution in [0.5, 0.6) is 11.5 Å². The highest BCUT2D eigenvalue weighted by molar-refractivity contribution is 6.23. The summed E-state index contributed by atoms with van der Waals surface area (Å²) in [6.07, 6.45) is -0.934. The van der Waals surface area contributed by atoms with Crippen LogP contribution in [-0.2, 0) is 14.4 Å². The van der Waals surface area contributed by atoms with Crippen LogP contribution in [0, 0.1) is 12.8 Å². The number of hydroxylamine groups is 1. The van der Waals surface area contributed by atoms with E-state index in [0.717, 1.165) is 16.8 Å². The normalized spacial score (nSPS) is 22.0. The third kappa shape index (κ3) is 3.41. The Hall–Kier alpha value is -3.84. The molecule has 0 bridgehead atoms. The Morgan fingerprint density at radius 3 is 2.21 bits per heavy atom. The van der Waals surface area contributed by atoms with Crippen LogP contribution < -0.4 is 19.4 Å². The van der Waals surface area contributed by atoms with E-state index < -0.39 is 18.1 Å². The lowest BCUT2D eigenvalue weighted by molar-refractivity contribution is -0.126. The number of para-hydroxylation sites is 1. The first-order chi connectivity index (χ1) is 16.0. The van der Waals surface area contributed by atoms with Gasteiger partial charge in [0.15, 0.2) is 6.10 Å². The fourth-order valence-electron chi connectivity index (χ4n) is 4.54. The molecule has 2 amide bonds. The minimum Gasteiger partial charge on any atom is -0.497 e. The van der Waals surface area contributed by atoms with E-state index in [2.05, 4.69) is 0 Å². The van der Waals surface area contributed by atoms with Crippen molar-refractivity contribution < 1.29 is 23.9 Å². The Morgan fingerprint density at radius 1 is 0.818 bits per heavy atom. The van der Waals surface area contributed by atoms with Gasteiger partial charge < -0.3 is 9.47 Å². The Morgan fingerprint density at radius 2 is 1.55 bits per heavy atom. The van der Waals surface area contributed by atoms with Crippen molar-refractivity contribution in [2.45, 2.75) is 19.1 Å². The second kappa shape index (κ2) is 8.26. The molecular formula is C26H24N2O5. The number of ether oxygens (including phenoxy) is 2. The average molecular weight is 444 g/mol. The number of benzene rings is 3. The smallest absolute Gasteiger partial charge is 0.266 e. The van der Waals surface area contributed by atoms with Crippen molar-refractivity contribution in [2.24, 2.45) is 5.92 Å². The first kappa shape index (κ1) is 21.0. The largest absolute Gasteiger partial charge is 0.497 e. The minimum atomic E-state index is -0.934. The van der Waals surface area contributed by atoms with E-state index in [1.165, 1.54) is 4.90 Å². The standard InChI is InChI=1S/C26H24N2O5/c1-16-9-11-17(12-10-16)27-25(29)22-23(20-14-13-19(31-2)15-21(20)32-3)28(33-24(22)26(27)30)18-7-5-4-6-8-18/h4-15,22-24H,1-3H3/t22-,23-,24-/m1/s1. The number of methoxy groups -OCH3 is 2. The summed E-state index contributed by atoms with van der Waals surface area (Å²) in [6, 6.07) is 21.6. The molecule has 0 saturated carbocycles. The molecule has 7 heteroatoms. The number of hydrogen-bond donors (Lipinski definition) is 0. The van der Waals surface area contributed by atoms with Crippen LogP contribution in [0.2, 0.25) is 0 Å². The summed E-state index contributed by atoms with van der Waals surface area (Å²) in [6.45, 7) is 1.96. The molecule has 3 aromatic rings. The number of rotatable bonds is 5. The number of carbonyl (C=O) groups is 2. The lowest BCUT2D eigenvalue weighted by atomic mass is 9.90. The van der Waals surface area contributed by atoms with Gasteiger partial charge in [0.1, 0.15) is 17.4 Å². The molecule has 3 aromatic carbocycles. The van der Waals surface area contributed by atoms with Crippen molar-refractivity contribution in [3.8, 4) is 11.5 Å². The molecule has 168 valence electrons. The van der Waals surface area contributed by atoms with Crippen molar-refractivity contribution >= 4 is 23.2 Å². The third-order valence-corrected chi connectivity index (χ3v) is 6.18. The monoisotopic (exact) mass is 444 g/mol. The summed E-state index contributed by atoms with van der Waals surface area (Å²) in [7, 11) is 3.15. The Bertz CT molecular complexity index is 1200. The molecule has 0 aliphatic carbocycles. The Kier molecular flexibility index (Phi) is 5.26. The first-order valence-electron chi connectivity index (χ1n) is 10.7. The molecule has 33 heavy (non-hydrogen) atoms. The van der Waals surface area contributed by atoms with Crippen molar-refractivity contribution in [1.29, 1.82) is 0 Å². The van der Waals surface area contributed by atoms with Gasteiger partial charge in [0.05, 0.1) is 31.6 Å². The summed E-state index contributed by atoms with van der Waals surface area (Å²) in [4.78, 5) is 34.5. The number of imide groups is 1. The van der Waals surface area contributed by atoms with Gasteiger partial charge in [-0.15, -0.1) is 0 Å². The van der Waals surface area contributed by atoms with Gasteiger partial charge in [-0.25, -0.2) is 9.96 Å². The van der Waals surface area contributed by atoms with Gasteiger partial charge in [0, 0.05) is 11.6 Å². The zero-order valence-corrected chi connectivity index (χ0v) is 18.6. The molecule has 0 unspecified atom stereocenters. The topological polar surface area (TPSA) is 68.3 Å². The Balaban J connectivity index is 1.62. The second-order valence-corrected chi connectivity index (χ2v) is 8.11. The van der Waals surface area contributed by atoms with Crippen LogP contribution in [0.3, 0.4) is 0 Å². The van der Waals surface area contributed by atoms with Gasteiger partial charge in [-0.1, -0.05) is 35.9 Å².